The molecule has 0 aliphatic carbocycles. The Hall–Kier alpha value is -3.42. The van der Waals surface area contributed by atoms with E-state index in [4.69, 9.17) is 9.47 Å². The molecule has 32 heavy (non-hydrogen) atoms. The number of rotatable bonds is 5. The van der Waals surface area contributed by atoms with Gasteiger partial charge in [0.1, 0.15) is 19.8 Å². The molecular formula is C24H27N5O3. The van der Waals surface area contributed by atoms with Crippen LogP contribution in [0.2, 0.25) is 0 Å². The molecule has 166 valence electrons. The van der Waals surface area contributed by atoms with Gasteiger partial charge in [-0.15, -0.1) is 10.2 Å². The number of carbonyl (C=O) groups is 1. The van der Waals surface area contributed by atoms with E-state index in [1.54, 1.807) is 0 Å². The Morgan fingerprint density at radius 3 is 2.66 bits per heavy atom. The maximum atomic E-state index is 13.1. The number of nitrogens with zero attached hydrogens (tertiary/aromatic N) is 5. The summed E-state index contributed by atoms with van der Waals surface area (Å²) in [6.45, 7) is 6.21. The van der Waals surface area contributed by atoms with Crippen molar-refractivity contribution < 1.29 is 14.3 Å². The van der Waals surface area contributed by atoms with E-state index in [1.807, 2.05) is 35.2 Å². The summed E-state index contributed by atoms with van der Waals surface area (Å²) in [7, 11) is 0. The molecule has 5 rings (SSSR count). The van der Waals surface area contributed by atoms with Gasteiger partial charge in [-0.2, -0.15) is 4.80 Å². The Morgan fingerprint density at radius 1 is 1.09 bits per heavy atom. The van der Waals surface area contributed by atoms with Crippen molar-refractivity contribution in [2.75, 3.05) is 19.8 Å². The third-order valence-electron chi connectivity index (χ3n) is 6.09. The molecular weight excluding hydrogens is 406 g/mol. The minimum absolute atomic E-state index is 0.0125. The lowest BCUT2D eigenvalue weighted by Gasteiger charge is -2.26. The second-order valence-electron chi connectivity index (χ2n) is 8.57. The highest BCUT2D eigenvalue weighted by molar-refractivity contribution is 5.76. The first-order valence-electron chi connectivity index (χ1n) is 11.2. The fourth-order valence-corrected chi connectivity index (χ4v) is 4.33. The predicted octanol–water partition coefficient (Wildman–Crippen LogP) is 3.60. The van der Waals surface area contributed by atoms with Gasteiger partial charge in [0.05, 0.1) is 6.04 Å². The van der Waals surface area contributed by atoms with Gasteiger partial charge in [0, 0.05) is 12.1 Å². The highest BCUT2D eigenvalue weighted by Crippen LogP contribution is 2.38. The molecule has 0 radical (unpaired) electrons. The van der Waals surface area contributed by atoms with Crippen molar-refractivity contribution >= 4 is 5.91 Å². The summed E-state index contributed by atoms with van der Waals surface area (Å²) >= 11 is 0. The van der Waals surface area contributed by atoms with Crippen LogP contribution in [0.5, 0.6) is 11.5 Å². The predicted molar refractivity (Wildman–Crippen MR) is 118 cm³/mol. The van der Waals surface area contributed by atoms with E-state index in [9.17, 15) is 4.79 Å². The first kappa shape index (κ1) is 20.5. The average molecular weight is 434 g/mol. The van der Waals surface area contributed by atoms with E-state index in [-0.39, 0.29) is 18.5 Å². The van der Waals surface area contributed by atoms with Gasteiger partial charge in [0.25, 0.3) is 0 Å². The molecule has 0 spiro atoms. The third-order valence-corrected chi connectivity index (χ3v) is 6.09. The van der Waals surface area contributed by atoms with E-state index in [1.165, 1.54) is 10.4 Å². The minimum atomic E-state index is -0.0125. The van der Waals surface area contributed by atoms with Gasteiger partial charge in [0.15, 0.2) is 11.5 Å². The number of tetrazole rings is 1. The maximum Gasteiger partial charge on any atom is 0.246 e. The van der Waals surface area contributed by atoms with Gasteiger partial charge in [-0.1, -0.05) is 44.2 Å². The quantitative estimate of drug-likeness (QED) is 0.612. The molecule has 0 saturated carbocycles. The molecule has 0 N–H and O–H groups in total. The third kappa shape index (κ3) is 4.04. The molecule has 1 fully saturated rings. The van der Waals surface area contributed by atoms with Gasteiger partial charge in [-0.3, -0.25) is 4.79 Å². The lowest BCUT2D eigenvalue weighted by molar-refractivity contribution is -0.133. The van der Waals surface area contributed by atoms with Crippen molar-refractivity contribution in [1.82, 2.24) is 25.1 Å². The molecule has 2 aromatic carbocycles. The van der Waals surface area contributed by atoms with E-state index in [0.29, 0.717) is 25.0 Å². The number of hydrogen-bond donors (Lipinski definition) is 0. The second kappa shape index (κ2) is 8.61. The van der Waals surface area contributed by atoms with Gasteiger partial charge in [-0.25, -0.2) is 0 Å². The zero-order valence-corrected chi connectivity index (χ0v) is 18.4. The smallest absolute Gasteiger partial charge is 0.246 e. The summed E-state index contributed by atoms with van der Waals surface area (Å²) in [5.41, 5.74) is 3.22. The van der Waals surface area contributed by atoms with Gasteiger partial charge >= 0.3 is 0 Å². The van der Waals surface area contributed by atoms with E-state index in [2.05, 4.69) is 41.4 Å². The Kier molecular flexibility index (Phi) is 5.51. The molecule has 1 saturated heterocycles. The van der Waals surface area contributed by atoms with Crippen molar-refractivity contribution in [2.24, 2.45) is 0 Å². The van der Waals surface area contributed by atoms with Crippen LogP contribution in [0.1, 0.15) is 49.8 Å². The minimum Gasteiger partial charge on any atom is -0.486 e. The number of fused-ring (bicyclic) bond motifs is 1. The molecule has 0 unspecified atom stereocenters. The molecule has 1 atom stereocenters. The van der Waals surface area contributed by atoms with Crippen molar-refractivity contribution in [3.05, 3.63) is 53.6 Å². The monoisotopic (exact) mass is 433 g/mol. The summed E-state index contributed by atoms with van der Waals surface area (Å²) in [6.07, 6.45) is 1.88. The fraction of sp³-hybridized carbons (Fsp3) is 0.417. The molecule has 1 amide bonds. The SMILES string of the molecule is CC(C)c1ccc(-c2nnn(CC(=O)N3CCC[C@H]3c3ccc4c(c3)OCCO4)n2)cc1. The summed E-state index contributed by atoms with van der Waals surface area (Å²) < 4.78 is 11.3. The standard InChI is InChI=1S/C24H27N5O3/c1-16(2)17-5-7-18(8-6-17)24-25-27-29(26-24)15-23(30)28-11-3-4-20(28)19-9-10-21-22(14-19)32-13-12-31-21/h5-10,14,16,20H,3-4,11-13,15H2,1-2H3/t20-/m0/s1. The highest BCUT2D eigenvalue weighted by Gasteiger charge is 2.31. The van der Waals surface area contributed by atoms with Crippen LogP contribution in [0.4, 0.5) is 0 Å². The fourth-order valence-electron chi connectivity index (χ4n) is 4.33. The van der Waals surface area contributed by atoms with Crippen LogP contribution in [0.15, 0.2) is 42.5 Å². The number of hydrogen-bond acceptors (Lipinski definition) is 6. The van der Waals surface area contributed by atoms with Crippen LogP contribution in [-0.4, -0.2) is 50.8 Å². The first-order valence-corrected chi connectivity index (χ1v) is 11.2. The zero-order valence-electron chi connectivity index (χ0n) is 18.4. The summed E-state index contributed by atoms with van der Waals surface area (Å²) in [5.74, 6) is 2.49. The largest absolute Gasteiger partial charge is 0.486 e. The number of benzene rings is 2. The van der Waals surface area contributed by atoms with Gasteiger partial charge < -0.3 is 14.4 Å². The van der Waals surface area contributed by atoms with Crippen LogP contribution in [0, 0.1) is 0 Å². The van der Waals surface area contributed by atoms with E-state index < -0.39 is 0 Å². The van der Waals surface area contributed by atoms with Crippen LogP contribution in [0.3, 0.4) is 0 Å². The molecule has 1 aromatic heterocycles. The number of likely N-dealkylation sites (tertiary alicyclic amines) is 1. The van der Waals surface area contributed by atoms with E-state index >= 15 is 0 Å². The van der Waals surface area contributed by atoms with Crippen LogP contribution >= 0.6 is 0 Å². The summed E-state index contributed by atoms with van der Waals surface area (Å²) in [6, 6.07) is 14.1. The Morgan fingerprint density at radius 2 is 1.88 bits per heavy atom. The summed E-state index contributed by atoms with van der Waals surface area (Å²) in [5, 5.41) is 12.7. The number of carbonyl (C=O) groups excluding carboxylic acids is 1. The molecule has 0 bridgehead atoms. The maximum absolute atomic E-state index is 13.1. The topological polar surface area (TPSA) is 82.4 Å². The van der Waals surface area contributed by atoms with Crippen LogP contribution in [-0.2, 0) is 11.3 Å². The number of amides is 1. The highest BCUT2D eigenvalue weighted by atomic mass is 16.6. The lowest BCUT2D eigenvalue weighted by atomic mass is 10.0. The Bertz CT molecular complexity index is 1110. The second-order valence-corrected chi connectivity index (χ2v) is 8.57. The van der Waals surface area contributed by atoms with Gasteiger partial charge in [0.2, 0.25) is 11.7 Å². The molecule has 3 heterocycles. The van der Waals surface area contributed by atoms with E-state index in [0.717, 1.165) is 42.0 Å². The normalized spacial score (nSPS) is 17.7. The first-order chi connectivity index (χ1) is 15.6. The zero-order chi connectivity index (χ0) is 22.1. The summed E-state index contributed by atoms with van der Waals surface area (Å²) in [4.78, 5) is 16.4. The Balaban J connectivity index is 1.28. The van der Waals surface area contributed by atoms with Crippen molar-refractivity contribution in [2.45, 2.75) is 45.2 Å². The number of aromatic nitrogens is 4. The molecule has 2 aliphatic rings. The van der Waals surface area contributed by atoms with Crippen LogP contribution in [0.25, 0.3) is 11.4 Å². The van der Waals surface area contributed by atoms with Crippen molar-refractivity contribution in [1.29, 1.82) is 0 Å². The average Bonchev–Trinajstić information content (AvgIpc) is 3.49. The molecule has 8 nitrogen and oxygen atoms in total. The van der Waals surface area contributed by atoms with Crippen molar-refractivity contribution in [3.8, 4) is 22.9 Å². The van der Waals surface area contributed by atoms with Crippen LogP contribution < -0.4 is 9.47 Å². The number of ether oxygens (including phenoxy) is 2. The lowest BCUT2D eigenvalue weighted by Crippen LogP contribution is -2.34. The molecule has 3 aromatic rings. The molecule has 8 heteroatoms. The Labute approximate surface area is 187 Å². The van der Waals surface area contributed by atoms with Gasteiger partial charge in [-0.05, 0) is 47.2 Å². The molecule has 2 aliphatic heterocycles. The van der Waals surface area contributed by atoms with Crippen molar-refractivity contribution in [3.63, 3.8) is 0 Å².